The summed E-state index contributed by atoms with van der Waals surface area (Å²) in [6.45, 7) is 0.100. The Kier molecular flexibility index (Phi) is 4.69. The average molecular weight is 316 g/mol. The van der Waals surface area contributed by atoms with E-state index in [-0.39, 0.29) is 17.9 Å². The molecule has 0 saturated heterocycles. The second-order valence-electron chi connectivity index (χ2n) is 4.00. The smallest absolute Gasteiger partial charge is 0.347 e. The summed E-state index contributed by atoms with van der Waals surface area (Å²) in [6.07, 6.45) is 0.153. The van der Waals surface area contributed by atoms with Crippen LogP contribution < -0.4 is 0 Å². The van der Waals surface area contributed by atoms with Crippen LogP contribution >= 0.6 is 22.9 Å². The van der Waals surface area contributed by atoms with Crippen molar-refractivity contribution >= 4 is 28.9 Å². The van der Waals surface area contributed by atoms with E-state index in [4.69, 9.17) is 21.4 Å². The Morgan fingerprint density at radius 2 is 2.30 bits per heavy atom. The van der Waals surface area contributed by atoms with E-state index in [1.165, 1.54) is 19.2 Å². The SMILES string of the molecule is COCc1nc(Cc2c(F)cccc2Cl)sc1C(=O)O. The quantitative estimate of drug-likeness (QED) is 0.919. The normalized spacial score (nSPS) is 10.8. The van der Waals surface area contributed by atoms with E-state index in [0.29, 0.717) is 21.3 Å². The van der Waals surface area contributed by atoms with Gasteiger partial charge >= 0.3 is 5.97 Å². The first-order valence-electron chi connectivity index (χ1n) is 5.66. The lowest BCUT2D eigenvalue weighted by molar-refractivity contribution is 0.0697. The van der Waals surface area contributed by atoms with Crippen LogP contribution in [0.5, 0.6) is 0 Å². The number of carboxylic acid groups (broad SMARTS) is 1. The number of rotatable bonds is 5. The molecule has 2 rings (SSSR count). The molecule has 0 saturated carbocycles. The number of aromatic carboxylic acids is 1. The lowest BCUT2D eigenvalue weighted by atomic mass is 10.1. The molecule has 20 heavy (non-hydrogen) atoms. The first-order chi connectivity index (χ1) is 9.52. The number of aromatic nitrogens is 1. The summed E-state index contributed by atoms with van der Waals surface area (Å²) < 4.78 is 18.6. The molecular formula is C13H11ClFNO3S. The molecule has 1 heterocycles. The van der Waals surface area contributed by atoms with Gasteiger partial charge in [-0.1, -0.05) is 17.7 Å². The molecule has 1 N–H and O–H groups in total. The van der Waals surface area contributed by atoms with Crippen molar-refractivity contribution in [3.63, 3.8) is 0 Å². The van der Waals surface area contributed by atoms with Gasteiger partial charge in [0, 0.05) is 24.1 Å². The van der Waals surface area contributed by atoms with Gasteiger partial charge in [-0.25, -0.2) is 14.2 Å². The maximum Gasteiger partial charge on any atom is 0.347 e. The molecule has 106 valence electrons. The number of thiazole rings is 1. The third-order valence-corrected chi connectivity index (χ3v) is 4.05. The second-order valence-corrected chi connectivity index (χ2v) is 5.49. The average Bonchev–Trinajstić information content (AvgIpc) is 2.78. The Hall–Kier alpha value is -1.50. The minimum Gasteiger partial charge on any atom is -0.477 e. The number of ether oxygens (including phenoxy) is 1. The van der Waals surface area contributed by atoms with Gasteiger partial charge in [0.2, 0.25) is 0 Å². The number of nitrogens with zero attached hydrogens (tertiary/aromatic N) is 1. The van der Waals surface area contributed by atoms with Crippen LogP contribution in [-0.4, -0.2) is 23.2 Å². The maximum absolute atomic E-state index is 13.7. The Bertz CT molecular complexity index is 624. The van der Waals surface area contributed by atoms with Crippen molar-refractivity contribution in [2.45, 2.75) is 13.0 Å². The van der Waals surface area contributed by atoms with Crippen LogP contribution in [0.4, 0.5) is 4.39 Å². The summed E-state index contributed by atoms with van der Waals surface area (Å²) in [4.78, 5) is 15.4. The third kappa shape index (κ3) is 3.15. The summed E-state index contributed by atoms with van der Waals surface area (Å²) in [5.41, 5.74) is 0.649. The number of methoxy groups -OCH3 is 1. The molecule has 2 aromatic rings. The van der Waals surface area contributed by atoms with Crippen molar-refractivity contribution in [2.24, 2.45) is 0 Å². The van der Waals surface area contributed by atoms with Crippen LogP contribution in [0.1, 0.15) is 25.9 Å². The van der Waals surface area contributed by atoms with Crippen molar-refractivity contribution in [3.05, 3.63) is 50.2 Å². The molecule has 1 aromatic carbocycles. The summed E-state index contributed by atoms with van der Waals surface area (Å²) in [6, 6.07) is 4.41. The fourth-order valence-electron chi connectivity index (χ4n) is 1.73. The highest BCUT2D eigenvalue weighted by Crippen LogP contribution is 2.26. The molecule has 7 heteroatoms. The molecule has 1 aromatic heterocycles. The Morgan fingerprint density at radius 3 is 2.90 bits per heavy atom. The molecule has 0 aliphatic heterocycles. The van der Waals surface area contributed by atoms with Crippen LogP contribution in [0.15, 0.2) is 18.2 Å². The number of benzene rings is 1. The largest absolute Gasteiger partial charge is 0.477 e. The first-order valence-corrected chi connectivity index (χ1v) is 6.86. The molecule has 0 atom stereocenters. The molecule has 4 nitrogen and oxygen atoms in total. The summed E-state index contributed by atoms with van der Waals surface area (Å²) in [5, 5.41) is 9.88. The van der Waals surface area contributed by atoms with Gasteiger partial charge < -0.3 is 9.84 Å². The van der Waals surface area contributed by atoms with Gasteiger partial charge in [0.1, 0.15) is 10.7 Å². The Morgan fingerprint density at radius 1 is 1.55 bits per heavy atom. The van der Waals surface area contributed by atoms with Crippen molar-refractivity contribution in [1.29, 1.82) is 0 Å². The van der Waals surface area contributed by atoms with E-state index in [9.17, 15) is 9.18 Å². The number of hydrogen-bond donors (Lipinski definition) is 1. The molecular weight excluding hydrogens is 305 g/mol. The van der Waals surface area contributed by atoms with Crippen molar-refractivity contribution < 1.29 is 19.0 Å². The van der Waals surface area contributed by atoms with E-state index in [2.05, 4.69) is 4.98 Å². The van der Waals surface area contributed by atoms with Crippen LogP contribution in [0.2, 0.25) is 5.02 Å². The van der Waals surface area contributed by atoms with Gasteiger partial charge in [0.05, 0.1) is 17.3 Å². The fraction of sp³-hybridized carbons (Fsp3) is 0.231. The van der Waals surface area contributed by atoms with Gasteiger partial charge in [-0.05, 0) is 12.1 Å². The summed E-state index contributed by atoms with van der Waals surface area (Å²) in [5.74, 6) is -1.50. The molecule has 0 unspecified atom stereocenters. The maximum atomic E-state index is 13.7. The lowest BCUT2D eigenvalue weighted by Gasteiger charge is -2.02. The molecule has 0 amide bonds. The van der Waals surface area contributed by atoms with Crippen LogP contribution in [0, 0.1) is 5.82 Å². The summed E-state index contributed by atoms with van der Waals surface area (Å²) >= 11 is 6.95. The molecule has 0 spiro atoms. The molecule has 0 aliphatic carbocycles. The minimum absolute atomic E-state index is 0.100. The standard InChI is InChI=1S/C13H11ClFNO3S/c1-19-6-10-12(13(17)18)20-11(16-10)5-7-8(14)3-2-4-9(7)15/h2-4H,5-6H2,1H3,(H,17,18). The van der Waals surface area contributed by atoms with Gasteiger partial charge in [-0.15, -0.1) is 11.3 Å². The fourth-order valence-corrected chi connectivity index (χ4v) is 2.88. The Balaban J connectivity index is 2.34. The topological polar surface area (TPSA) is 59.4 Å². The number of halogens is 2. The highest BCUT2D eigenvalue weighted by Gasteiger charge is 2.18. The number of hydrogen-bond acceptors (Lipinski definition) is 4. The predicted molar refractivity (Wildman–Crippen MR) is 74.0 cm³/mol. The van der Waals surface area contributed by atoms with Crippen LogP contribution in [0.25, 0.3) is 0 Å². The molecule has 0 bridgehead atoms. The molecule has 0 aliphatic rings. The van der Waals surface area contributed by atoms with Crippen molar-refractivity contribution in [2.75, 3.05) is 7.11 Å². The van der Waals surface area contributed by atoms with Crippen molar-refractivity contribution in [3.8, 4) is 0 Å². The van der Waals surface area contributed by atoms with Gasteiger partial charge in [0.15, 0.2) is 0 Å². The minimum atomic E-state index is -1.07. The Labute approximate surface area is 123 Å². The predicted octanol–water partition coefficient (Wildman–Crippen LogP) is 3.37. The highest BCUT2D eigenvalue weighted by molar-refractivity contribution is 7.13. The zero-order valence-corrected chi connectivity index (χ0v) is 12.1. The number of carbonyl (C=O) groups is 1. The van der Waals surface area contributed by atoms with E-state index < -0.39 is 11.8 Å². The molecule has 0 radical (unpaired) electrons. The van der Waals surface area contributed by atoms with Crippen LogP contribution in [-0.2, 0) is 17.8 Å². The van der Waals surface area contributed by atoms with E-state index in [0.717, 1.165) is 11.3 Å². The van der Waals surface area contributed by atoms with Gasteiger partial charge in [-0.2, -0.15) is 0 Å². The van der Waals surface area contributed by atoms with E-state index in [1.54, 1.807) is 6.07 Å². The van der Waals surface area contributed by atoms with Gasteiger partial charge in [-0.3, -0.25) is 0 Å². The molecule has 0 fully saturated rings. The van der Waals surface area contributed by atoms with Crippen molar-refractivity contribution in [1.82, 2.24) is 4.98 Å². The first kappa shape index (κ1) is 14.9. The second kappa shape index (κ2) is 6.30. The monoisotopic (exact) mass is 315 g/mol. The zero-order valence-electron chi connectivity index (χ0n) is 10.5. The van der Waals surface area contributed by atoms with Gasteiger partial charge in [0.25, 0.3) is 0 Å². The number of carboxylic acids is 1. The third-order valence-electron chi connectivity index (χ3n) is 2.61. The van der Waals surface area contributed by atoms with Crippen LogP contribution in [0.3, 0.4) is 0 Å². The zero-order chi connectivity index (χ0) is 14.7. The van der Waals surface area contributed by atoms with E-state index in [1.807, 2.05) is 0 Å². The van der Waals surface area contributed by atoms with E-state index >= 15 is 0 Å². The lowest BCUT2D eigenvalue weighted by Crippen LogP contribution is -2.00. The highest BCUT2D eigenvalue weighted by atomic mass is 35.5. The summed E-state index contributed by atoms with van der Waals surface area (Å²) in [7, 11) is 1.46.